The van der Waals surface area contributed by atoms with Crippen molar-refractivity contribution in [2.45, 2.75) is 33.1 Å². The van der Waals surface area contributed by atoms with E-state index in [-0.39, 0.29) is 5.78 Å². The number of nitrogens with one attached hydrogen (secondary N) is 1. The Balaban J connectivity index is 1.88. The van der Waals surface area contributed by atoms with Crippen molar-refractivity contribution in [1.29, 1.82) is 0 Å². The maximum Gasteiger partial charge on any atom is 0.161 e. The van der Waals surface area contributed by atoms with Crippen molar-refractivity contribution in [3.05, 3.63) is 45.6 Å². The number of carbonyl (C=O) groups excluding carboxylic acids is 1. The second-order valence-corrected chi connectivity index (χ2v) is 6.11. The maximum absolute atomic E-state index is 12.2. The molecule has 0 spiro atoms. The zero-order chi connectivity index (χ0) is 14.3. The van der Waals surface area contributed by atoms with Gasteiger partial charge in [0.1, 0.15) is 0 Å². The fourth-order valence-corrected chi connectivity index (χ4v) is 2.92. The third-order valence-corrected chi connectivity index (χ3v) is 4.37. The summed E-state index contributed by atoms with van der Waals surface area (Å²) in [7, 11) is 0. The van der Waals surface area contributed by atoms with E-state index in [9.17, 15) is 4.79 Å². The monoisotopic (exact) mass is 288 g/mol. The highest BCUT2D eigenvalue weighted by Gasteiger charge is 2.28. The largest absolute Gasteiger partial charge is 0.294 e. The molecule has 0 saturated carbocycles. The van der Waals surface area contributed by atoms with Crippen molar-refractivity contribution in [2.75, 3.05) is 0 Å². The van der Waals surface area contributed by atoms with Gasteiger partial charge in [-0.25, -0.2) is 0 Å². The van der Waals surface area contributed by atoms with E-state index in [1.54, 1.807) is 0 Å². The van der Waals surface area contributed by atoms with E-state index in [1.807, 2.05) is 25.1 Å². The van der Waals surface area contributed by atoms with Gasteiger partial charge in [-0.15, -0.1) is 0 Å². The Morgan fingerprint density at radius 1 is 1.35 bits per heavy atom. The molecule has 3 rings (SSSR count). The summed E-state index contributed by atoms with van der Waals surface area (Å²) in [5, 5.41) is 5.19. The number of aryl methyl sites for hydroxylation is 1. The number of hydrazone groups is 1. The number of benzene rings is 1. The number of nitrogens with zero attached hydrogens (tertiary/aromatic N) is 1. The van der Waals surface area contributed by atoms with Crippen molar-refractivity contribution in [2.24, 2.45) is 11.0 Å². The molecule has 0 saturated heterocycles. The highest BCUT2D eigenvalue weighted by molar-refractivity contribution is 6.31. The highest BCUT2D eigenvalue weighted by atomic mass is 35.5. The molecule has 20 heavy (non-hydrogen) atoms. The minimum Gasteiger partial charge on any atom is -0.294 e. The highest BCUT2D eigenvalue weighted by Crippen LogP contribution is 2.30. The van der Waals surface area contributed by atoms with Crippen LogP contribution in [0.5, 0.6) is 0 Å². The minimum absolute atomic E-state index is 0.254. The Labute approximate surface area is 123 Å². The summed E-state index contributed by atoms with van der Waals surface area (Å²) in [6.07, 6.45) is 2.18. The molecule has 3 nitrogen and oxygen atoms in total. The van der Waals surface area contributed by atoms with Gasteiger partial charge < -0.3 is 0 Å². The molecule has 1 N–H and O–H groups in total. The van der Waals surface area contributed by atoms with Crippen LogP contribution < -0.4 is 5.43 Å². The van der Waals surface area contributed by atoms with Gasteiger partial charge in [-0.3, -0.25) is 10.2 Å². The van der Waals surface area contributed by atoms with Gasteiger partial charge in [-0.2, -0.15) is 5.10 Å². The summed E-state index contributed by atoms with van der Waals surface area (Å²) >= 11 is 6.05. The van der Waals surface area contributed by atoms with Crippen LogP contribution in [0.15, 0.2) is 34.6 Å². The van der Waals surface area contributed by atoms with Crippen molar-refractivity contribution in [1.82, 2.24) is 5.43 Å². The molecule has 0 aromatic heterocycles. The zero-order valence-electron chi connectivity index (χ0n) is 11.7. The number of halogens is 1. The molecule has 1 aliphatic heterocycles. The lowest BCUT2D eigenvalue weighted by atomic mass is 9.84. The lowest BCUT2D eigenvalue weighted by molar-refractivity contribution is -0.117. The fraction of sp³-hybridized carbons (Fsp3) is 0.375. The number of rotatable bonds is 1. The Morgan fingerprint density at radius 2 is 2.15 bits per heavy atom. The molecule has 1 atom stereocenters. The lowest BCUT2D eigenvalue weighted by Gasteiger charge is -2.27. The van der Waals surface area contributed by atoms with Crippen molar-refractivity contribution >= 4 is 23.1 Å². The number of hydrogen-bond donors (Lipinski definition) is 1. The van der Waals surface area contributed by atoms with Gasteiger partial charge in [-0.05, 0) is 42.5 Å². The molecule has 104 valence electrons. The van der Waals surface area contributed by atoms with Crippen LogP contribution in [-0.2, 0) is 4.79 Å². The van der Waals surface area contributed by atoms with Crippen LogP contribution in [0.1, 0.15) is 37.3 Å². The van der Waals surface area contributed by atoms with Gasteiger partial charge in [0.25, 0.3) is 0 Å². The van der Waals surface area contributed by atoms with Gasteiger partial charge >= 0.3 is 0 Å². The van der Waals surface area contributed by atoms with Crippen molar-refractivity contribution < 1.29 is 4.79 Å². The first-order valence-corrected chi connectivity index (χ1v) is 7.26. The average Bonchev–Trinajstić information content (AvgIpc) is 2.41. The first kappa shape index (κ1) is 13.4. The predicted octanol–water partition coefficient (Wildman–Crippen LogP) is 3.60. The Kier molecular flexibility index (Phi) is 3.38. The summed E-state index contributed by atoms with van der Waals surface area (Å²) in [5.41, 5.74) is 7.94. The maximum atomic E-state index is 12.2. The fourth-order valence-electron chi connectivity index (χ4n) is 2.80. The SMILES string of the molecule is Cc1cc(C2=NNC3=C(C2)C(=O)C[C@H](C)C3)ccc1Cl. The second kappa shape index (κ2) is 5.06. The number of Topliss-reactive ketones (excluding diaryl/α,β-unsaturated/α-hetero) is 1. The van der Waals surface area contributed by atoms with Gasteiger partial charge in [0.15, 0.2) is 5.78 Å². The molecule has 0 radical (unpaired) electrons. The average molecular weight is 289 g/mol. The summed E-state index contributed by atoms with van der Waals surface area (Å²) in [6, 6.07) is 5.85. The molecule has 2 aliphatic rings. The van der Waals surface area contributed by atoms with Crippen molar-refractivity contribution in [3.8, 4) is 0 Å². The Hall–Kier alpha value is -1.61. The van der Waals surface area contributed by atoms with Gasteiger partial charge in [0.2, 0.25) is 0 Å². The second-order valence-electron chi connectivity index (χ2n) is 5.70. The van der Waals surface area contributed by atoms with Crippen LogP contribution in [0.3, 0.4) is 0 Å². The molecule has 1 aromatic carbocycles. The third-order valence-electron chi connectivity index (χ3n) is 3.95. The molecule has 1 aromatic rings. The smallest absolute Gasteiger partial charge is 0.161 e. The minimum atomic E-state index is 0.254. The van der Waals surface area contributed by atoms with Crippen LogP contribution in [0, 0.1) is 12.8 Å². The number of hydrogen-bond acceptors (Lipinski definition) is 3. The molecule has 0 unspecified atom stereocenters. The normalized spacial score (nSPS) is 22.2. The van der Waals surface area contributed by atoms with Crippen LogP contribution in [0.2, 0.25) is 5.02 Å². The van der Waals surface area contributed by atoms with E-state index in [0.29, 0.717) is 18.8 Å². The summed E-state index contributed by atoms with van der Waals surface area (Å²) < 4.78 is 0. The van der Waals surface area contributed by atoms with E-state index < -0.39 is 0 Å². The number of ketones is 1. The Morgan fingerprint density at radius 3 is 2.90 bits per heavy atom. The van der Waals surface area contributed by atoms with Crippen LogP contribution >= 0.6 is 11.6 Å². The third kappa shape index (κ3) is 2.38. The molecule has 0 amide bonds. The van der Waals surface area contributed by atoms with Crippen LogP contribution in [-0.4, -0.2) is 11.5 Å². The van der Waals surface area contributed by atoms with Gasteiger partial charge in [0.05, 0.1) is 5.71 Å². The molecule has 4 heteroatoms. The van der Waals surface area contributed by atoms with Crippen LogP contribution in [0.25, 0.3) is 0 Å². The summed E-state index contributed by atoms with van der Waals surface area (Å²) in [4.78, 5) is 12.2. The van der Waals surface area contributed by atoms with Gasteiger partial charge in [0, 0.05) is 29.1 Å². The number of allylic oxidation sites excluding steroid dienone is 2. The standard InChI is InChI=1S/C16H17ClN2O/c1-9-5-15-12(16(20)6-9)8-14(18-19-15)11-3-4-13(17)10(2)7-11/h3-4,7,9,19H,5-6,8H2,1-2H3/t9-/m1/s1. The molecule has 1 aliphatic carbocycles. The van der Waals surface area contributed by atoms with E-state index in [0.717, 1.165) is 39.6 Å². The summed E-state index contributed by atoms with van der Waals surface area (Å²) in [5.74, 6) is 0.660. The van der Waals surface area contributed by atoms with E-state index in [4.69, 9.17) is 11.6 Å². The molecular formula is C16H17ClN2O. The molecular weight excluding hydrogens is 272 g/mol. The Bertz CT molecular complexity index is 646. The molecule has 0 bridgehead atoms. The zero-order valence-corrected chi connectivity index (χ0v) is 12.4. The topological polar surface area (TPSA) is 41.5 Å². The number of carbonyl (C=O) groups is 1. The van der Waals surface area contributed by atoms with E-state index >= 15 is 0 Å². The quantitative estimate of drug-likeness (QED) is 0.858. The first-order chi connectivity index (χ1) is 9.54. The first-order valence-electron chi connectivity index (χ1n) is 6.89. The lowest BCUT2D eigenvalue weighted by Crippen LogP contribution is -2.29. The van der Waals surface area contributed by atoms with Gasteiger partial charge in [-0.1, -0.05) is 24.6 Å². The summed E-state index contributed by atoms with van der Waals surface area (Å²) in [6.45, 7) is 4.08. The predicted molar refractivity (Wildman–Crippen MR) is 80.9 cm³/mol. The molecule has 1 heterocycles. The van der Waals surface area contributed by atoms with Crippen molar-refractivity contribution in [3.63, 3.8) is 0 Å². The van der Waals surface area contributed by atoms with E-state index in [1.165, 1.54) is 0 Å². The van der Waals surface area contributed by atoms with E-state index in [2.05, 4.69) is 17.5 Å². The van der Waals surface area contributed by atoms with Crippen LogP contribution in [0.4, 0.5) is 0 Å². The molecule has 0 fully saturated rings.